The number of hydrogen-bond donors (Lipinski definition) is 1. The van der Waals surface area contributed by atoms with Crippen LogP contribution in [0.15, 0.2) is 0 Å². The highest BCUT2D eigenvalue weighted by Gasteiger charge is 2.37. The molecular weight excluding hydrogens is 260 g/mol. The van der Waals surface area contributed by atoms with Crippen LogP contribution in [-0.4, -0.2) is 30.4 Å². The molecule has 0 aromatic heterocycles. The molecule has 2 rings (SSSR count). The largest absolute Gasteiger partial charge is 0.343 e. The second-order valence-corrected chi connectivity index (χ2v) is 7.36. The molecule has 1 spiro atoms. The topological polar surface area (TPSA) is 46.3 Å². The molecule has 1 saturated carbocycles. The molecule has 2 aliphatic rings. The average molecular weight is 294 g/mol. The van der Waals surface area contributed by atoms with Crippen molar-refractivity contribution in [2.45, 2.75) is 77.6 Å². The Bertz CT molecular complexity index is 307. The molecule has 1 aliphatic carbocycles. The Morgan fingerprint density at radius 1 is 1.10 bits per heavy atom. The molecule has 21 heavy (non-hydrogen) atoms. The Balaban J connectivity index is 1.71. The van der Waals surface area contributed by atoms with Crippen LogP contribution in [0.5, 0.6) is 0 Å². The Hall–Kier alpha value is -0.570. The molecule has 0 radical (unpaired) electrons. The number of rotatable bonds is 7. The number of piperidine rings is 1. The lowest BCUT2D eigenvalue weighted by Gasteiger charge is -2.39. The van der Waals surface area contributed by atoms with Crippen LogP contribution in [0.1, 0.15) is 77.6 Å². The molecular formula is C18H34N2O. The second-order valence-electron chi connectivity index (χ2n) is 7.36. The number of likely N-dealkylation sites (tertiary alicyclic amines) is 1. The van der Waals surface area contributed by atoms with E-state index in [4.69, 9.17) is 5.73 Å². The van der Waals surface area contributed by atoms with Gasteiger partial charge in [-0.3, -0.25) is 4.79 Å². The maximum absolute atomic E-state index is 12.4. The fourth-order valence-electron chi connectivity index (χ4n) is 4.42. The Labute approximate surface area is 130 Å². The molecule has 1 aliphatic heterocycles. The predicted octanol–water partition coefficient (Wildman–Crippen LogP) is 3.71. The zero-order chi connectivity index (χ0) is 15.1. The zero-order valence-corrected chi connectivity index (χ0v) is 13.9. The standard InChI is InChI=1S/C18H34N2O/c1-2-5-16(8-13-19)6-7-17(21)20-14-11-18(12-15-20)9-3-4-10-18/h16H,2-15,19H2,1H3. The Kier molecular flexibility index (Phi) is 6.53. The van der Waals surface area contributed by atoms with Crippen LogP contribution < -0.4 is 5.73 Å². The van der Waals surface area contributed by atoms with Crippen LogP contribution in [0, 0.1) is 11.3 Å². The molecule has 2 N–H and O–H groups in total. The fourth-order valence-corrected chi connectivity index (χ4v) is 4.42. The van der Waals surface area contributed by atoms with E-state index in [1.165, 1.54) is 51.4 Å². The molecule has 122 valence electrons. The third kappa shape index (κ3) is 4.70. The van der Waals surface area contributed by atoms with Crippen molar-refractivity contribution < 1.29 is 4.79 Å². The normalized spacial score (nSPS) is 22.7. The number of carbonyl (C=O) groups excluding carboxylic acids is 1. The summed E-state index contributed by atoms with van der Waals surface area (Å²) in [6.07, 6.45) is 13.4. The van der Waals surface area contributed by atoms with Crippen molar-refractivity contribution in [3.8, 4) is 0 Å². The number of nitrogens with two attached hydrogens (primary N) is 1. The summed E-state index contributed by atoms with van der Waals surface area (Å²) < 4.78 is 0. The van der Waals surface area contributed by atoms with Gasteiger partial charge in [-0.15, -0.1) is 0 Å². The highest BCUT2D eigenvalue weighted by molar-refractivity contribution is 5.76. The zero-order valence-electron chi connectivity index (χ0n) is 13.9. The molecule has 3 nitrogen and oxygen atoms in total. The van der Waals surface area contributed by atoms with Crippen LogP contribution in [0.2, 0.25) is 0 Å². The highest BCUT2D eigenvalue weighted by Crippen LogP contribution is 2.46. The summed E-state index contributed by atoms with van der Waals surface area (Å²) >= 11 is 0. The van der Waals surface area contributed by atoms with Gasteiger partial charge in [0.05, 0.1) is 0 Å². The van der Waals surface area contributed by atoms with Gasteiger partial charge in [-0.2, -0.15) is 0 Å². The summed E-state index contributed by atoms with van der Waals surface area (Å²) in [6, 6.07) is 0. The van der Waals surface area contributed by atoms with E-state index < -0.39 is 0 Å². The van der Waals surface area contributed by atoms with E-state index in [1.807, 2.05) is 0 Å². The van der Waals surface area contributed by atoms with E-state index in [1.54, 1.807) is 0 Å². The maximum atomic E-state index is 12.4. The fraction of sp³-hybridized carbons (Fsp3) is 0.944. The van der Waals surface area contributed by atoms with Gasteiger partial charge >= 0.3 is 0 Å². The lowest BCUT2D eigenvalue weighted by Crippen LogP contribution is -2.42. The van der Waals surface area contributed by atoms with Gasteiger partial charge in [0, 0.05) is 19.5 Å². The van der Waals surface area contributed by atoms with Gasteiger partial charge in [0.15, 0.2) is 0 Å². The number of nitrogens with zero attached hydrogens (tertiary/aromatic N) is 1. The van der Waals surface area contributed by atoms with E-state index in [0.717, 1.165) is 38.9 Å². The van der Waals surface area contributed by atoms with Crippen molar-refractivity contribution in [1.82, 2.24) is 4.90 Å². The van der Waals surface area contributed by atoms with Crippen molar-refractivity contribution in [1.29, 1.82) is 0 Å². The summed E-state index contributed by atoms with van der Waals surface area (Å²) in [6.45, 7) is 4.99. The van der Waals surface area contributed by atoms with Gasteiger partial charge in [-0.25, -0.2) is 0 Å². The van der Waals surface area contributed by atoms with E-state index >= 15 is 0 Å². The lowest BCUT2D eigenvalue weighted by molar-refractivity contribution is -0.133. The molecule has 1 saturated heterocycles. The monoisotopic (exact) mass is 294 g/mol. The molecule has 2 fully saturated rings. The molecule has 0 bridgehead atoms. The van der Waals surface area contributed by atoms with Crippen molar-refractivity contribution in [2.24, 2.45) is 17.1 Å². The van der Waals surface area contributed by atoms with Gasteiger partial charge in [0.1, 0.15) is 0 Å². The Morgan fingerprint density at radius 2 is 1.76 bits per heavy atom. The van der Waals surface area contributed by atoms with E-state index in [0.29, 0.717) is 17.2 Å². The Morgan fingerprint density at radius 3 is 2.33 bits per heavy atom. The van der Waals surface area contributed by atoms with Gasteiger partial charge in [0.2, 0.25) is 5.91 Å². The first-order valence-corrected chi connectivity index (χ1v) is 9.17. The minimum Gasteiger partial charge on any atom is -0.343 e. The number of carbonyl (C=O) groups is 1. The summed E-state index contributed by atoms with van der Waals surface area (Å²) in [5, 5.41) is 0. The third-order valence-corrected chi connectivity index (χ3v) is 5.88. The predicted molar refractivity (Wildman–Crippen MR) is 88.0 cm³/mol. The average Bonchev–Trinajstić information content (AvgIpc) is 2.94. The van der Waals surface area contributed by atoms with Crippen molar-refractivity contribution in [3.63, 3.8) is 0 Å². The van der Waals surface area contributed by atoms with Crippen molar-refractivity contribution in [2.75, 3.05) is 19.6 Å². The molecule has 3 heteroatoms. The van der Waals surface area contributed by atoms with Gasteiger partial charge in [-0.1, -0.05) is 32.6 Å². The number of hydrogen-bond acceptors (Lipinski definition) is 2. The molecule has 1 atom stereocenters. The quantitative estimate of drug-likeness (QED) is 0.778. The second kappa shape index (κ2) is 8.17. The lowest BCUT2D eigenvalue weighted by atomic mass is 9.77. The molecule has 0 aromatic carbocycles. The first-order chi connectivity index (χ1) is 10.2. The van der Waals surface area contributed by atoms with E-state index in [-0.39, 0.29) is 0 Å². The maximum Gasteiger partial charge on any atom is 0.222 e. The van der Waals surface area contributed by atoms with Crippen LogP contribution in [0.4, 0.5) is 0 Å². The first-order valence-electron chi connectivity index (χ1n) is 9.17. The number of amides is 1. The minimum absolute atomic E-state index is 0.390. The van der Waals surface area contributed by atoms with Crippen LogP contribution in [0.25, 0.3) is 0 Å². The SMILES string of the molecule is CCCC(CCN)CCC(=O)N1CCC2(CCCC2)CC1. The third-order valence-electron chi connectivity index (χ3n) is 5.88. The molecule has 1 heterocycles. The van der Waals surface area contributed by atoms with Gasteiger partial charge in [0.25, 0.3) is 0 Å². The van der Waals surface area contributed by atoms with Crippen LogP contribution >= 0.6 is 0 Å². The smallest absolute Gasteiger partial charge is 0.222 e. The van der Waals surface area contributed by atoms with E-state index in [9.17, 15) is 4.79 Å². The summed E-state index contributed by atoms with van der Waals surface area (Å²) in [7, 11) is 0. The van der Waals surface area contributed by atoms with Crippen molar-refractivity contribution in [3.05, 3.63) is 0 Å². The summed E-state index contributed by atoms with van der Waals surface area (Å²) in [4.78, 5) is 14.5. The molecule has 0 aromatic rings. The van der Waals surface area contributed by atoms with Crippen LogP contribution in [0.3, 0.4) is 0 Å². The van der Waals surface area contributed by atoms with E-state index in [2.05, 4.69) is 11.8 Å². The van der Waals surface area contributed by atoms with Gasteiger partial charge < -0.3 is 10.6 Å². The summed E-state index contributed by atoms with van der Waals surface area (Å²) in [5.41, 5.74) is 6.29. The molecule has 1 unspecified atom stereocenters. The molecule has 1 amide bonds. The first kappa shape index (κ1) is 16.8. The highest BCUT2D eigenvalue weighted by atomic mass is 16.2. The summed E-state index contributed by atoms with van der Waals surface area (Å²) in [5.74, 6) is 1.04. The van der Waals surface area contributed by atoms with Crippen LogP contribution in [-0.2, 0) is 4.79 Å². The van der Waals surface area contributed by atoms with Crippen molar-refractivity contribution >= 4 is 5.91 Å². The van der Waals surface area contributed by atoms with Gasteiger partial charge in [-0.05, 0) is 56.4 Å². The minimum atomic E-state index is 0.390.